The van der Waals surface area contributed by atoms with E-state index in [4.69, 9.17) is 11.2 Å². The summed E-state index contributed by atoms with van der Waals surface area (Å²) in [5.41, 5.74) is 0. The van der Waals surface area contributed by atoms with Gasteiger partial charge < -0.3 is 10.1 Å². The maximum Gasteiger partial charge on any atom is 0.0576 e. The average Bonchev–Trinajstić information content (AvgIpc) is 2.64. The zero-order valence-corrected chi connectivity index (χ0v) is 8.38. The molecule has 1 heterocycles. The van der Waals surface area contributed by atoms with Crippen LogP contribution >= 0.6 is 0 Å². The van der Waals surface area contributed by atoms with Gasteiger partial charge in [-0.1, -0.05) is 0 Å². The Morgan fingerprint density at radius 3 is 3.08 bits per heavy atom. The van der Waals surface area contributed by atoms with E-state index in [1.54, 1.807) is 0 Å². The van der Waals surface area contributed by atoms with Gasteiger partial charge in [0, 0.05) is 19.1 Å². The van der Waals surface area contributed by atoms with E-state index in [0.717, 1.165) is 25.9 Å². The first-order valence-electron chi connectivity index (χ1n) is 5.09. The van der Waals surface area contributed by atoms with Gasteiger partial charge in [-0.25, -0.2) is 0 Å². The molecule has 74 valence electrons. The maximum atomic E-state index is 5.55. The lowest BCUT2D eigenvalue weighted by molar-refractivity contribution is 0.0999. The Bertz CT molecular complexity index is 167. The first-order chi connectivity index (χ1) is 6.36. The van der Waals surface area contributed by atoms with Gasteiger partial charge in [0.1, 0.15) is 0 Å². The third-order valence-electron chi connectivity index (χ3n) is 2.63. The summed E-state index contributed by atoms with van der Waals surface area (Å²) in [5, 5.41) is 3.23. The molecule has 1 rings (SSSR count). The standard InChI is InChI=1S/C11H19NO/c1-3-5-10(12-2)7-8-11-6-4-9-13-11/h1,10-12H,4-9H2,2H3. The highest BCUT2D eigenvalue weighted by Crippen LogP contribution is 2.18. The van der Waals surface area contributed by atoms with Crippen LogP contribution in [0, 0.1) is 12.3 Å². The number of terminal acetylenes is 1. The van der Waals surface area contributed by atoms with Crippen LogP contribution in [-0.2, 0) is 4.74 Å². The number of hydrogen-bond donors (Lipinski definition) is 1. The molecule has 2 atom stereocenters. The highest BCUT2D eigenvalue weighted by atomic mass is 16.5. The van der Waals surface area contributed by atoms with E-state index < -0.39 is 0 Å². The van der Waals surface area contributed by atoms with Gasteiger partial charge in [-0.15, -0.1) is 12.3 Å². The van der Waals surface area contributed by atoms with Gasteiger partial charge in [0.05, 0.1) is 6.10 Å². The molecule has 0 aromatic rings. The molecule has 0 saturated carbocycles. The fraction of sp³-hybridized carbons (Fsp3) is 0.818. The molecule has 1 fully saturated rings. The minimum atomic E-state index is 0.467. The fourth-order valence-electron chi connectivity index (χ4n) is 1.75. The van der Waals surface area contributed by atoms with Crippen molar-refractivity contribution in [2.45, 2.75) is 44.2 Å². The summed E-state index contributed by atoms with van der Waals surface area (Å²) < 4.78 is 5.55. The molecule has 1 aliphatic heterocycles. The molecule has 1 saturated heterocycles. The van der Waals surface area contributed by atoms with Crippen LogP contribution in [0.25, 0.3) is 0 Å². The first kappa shape index (κ1) is 10.6. The number of ether oxygens (including phenoxy) is 1. The van der Waals surface area contributed by atoms with Crippen LogP contribution < -0.4 is 5.32 Å². The number of nitrogens with one attached hydrogen (secondary N) is 1. The molecular formula is C11H19NO. The molecule has 0 spiro atoms. The molecule has 0 aromatic carbocycles. The largest absolute Gasteiger partial charge is 0.378 e. The summed E-state index contributed by atoms with van der Waals surface area (Å²) in [5.74, 6) is 2.69. The Morgan fingerprint density at radius 1 is 1.69 bits per heavy atom. The van der Waals surface area contributed by atoms with Crippen molar-refractivity contribution >= 4 is 0 Å². The van der Waals surface area contributed by atoms with E-state index in [1.807, 2.05) is 7.05 Å². The third kappa shape index (κ3) is 3.80. The number of rotatable bonds is 5. The van der Waals surface area contributed by atoms with Crippen LogP contribution in [0.5, 0.6) is 0 Å². The van der Waals surface area contributed by atoms with E-state index in [9.17, 15) is 0 Å². The van der Waals surface area contributed by atoms with Crippen molar-refractivity contribution in [3.63, 3.8) is 0 Å². The first-order valence-corrected chi connectivity index (χ1v) is 5.09. The van der Waals surface area contributed by atoms with Crippen LogP contribution in [0.1, 0.15) is 32.1 Å². The second-order valence-electron chi connectivity index (χ2n) is 3.61. The predicted octanol–water partition coefficient (Wildman–Crippen LogP) is 1.56. The Kier molecular flexibility index (Phi) is 4.88. The zero-order valence-electron chi connectivity index (χ0n) is 8.38. The summed E-state index contributed by atoms with van der Waals surface area (Å²) in [6.07, 6.45) is 11.3. The molecule has 2 heteroatoms. The van der Waals surface area contributed by atoms with Gasteiger partial charge in [0.2, 0.25) is 0 Å². The third-order valence-corrected chi connectivity index (χ3v) is 2.63. The van der Waals surface area contributed by atoms with E-state index in [-0.39, 0.29) is 0 Å². The molecule has 0 aromatic heterocycles. The highest BCUT2D eigenvalue weighted by molar-refractivity contribution is 4.89. The van der Waals surface area contributed by atoms with Crippen molar-refractivity contribution in [2.75, 3.05) is 13.7 Å². The summed E-state index contributed by atoms with van der Waals surface area (Å²) in [7, 11) is 1.97. The lowest BCUT2D eigenvalue weighted by Crippen LogP contribution is -2.25. The van der Waals surface area contributed by atoms with E-state index in [2.05, 4.69) is 11.2 Å². The van der Waals surface area contributed by atoms with Crippen LogP contribution in [-0.4, -0.2) is 25.8 Å². The molecule has 1 N–H and O–H groups in total. The lowest BCUT2D eigenvalue weighted by Gasteiger charge is -2.15. The Morgan fingerprint density at radius 2 is 2.54 bits per heavy atom. The predicted molar refractivity (Wildman–Crippen MR) is 54.5 cm³/mol. The van der Waals surface area contributed by atoms with Gasteiger partial charge in [-0.05, 0) is 32.7 Å². The molecule has 1 aliphatic rings. The highest BCUT2D eigenvalue weighted by Gasteiger charge is 2.16. The van der Waals surface area contributed by atoms with E-state index in [0.29, 0.717) is 12.1 Å². The quantitative estimate of drug-likeness (QED) is 0.650. The van der Waals surface area contributed by atoms with Crippen LogP contribution in [0.4, 0.5) is 0 Å². The minimum Gasteiger partial charge on any atom is -0.378 e. The summed E-state index contributed by atoms with van der Waals surface area (Å²) in [6.45, 7) is 0.948. The molecule has 2 unspecified atom stereocenters. The molecule has 2 nitrogen and oxygen atoms in total. The Labute approximate surface area is 81.0 Å². The average molecular weight is 181 g/mol. The van der Waals surface area contributed by atoms with Gasteiger partial charge in [0.25, 0.3) is 0 Å². The van der Waals surface area contributed by atoms with Gasteiger partial charge in [-0.3, -0.25) is 0 Å². The van der Waals surface area contributed by atoms with Crippen LogP contribution in [0.15, 0.2) is 0 Å². The van der Waals surface area contributed by atoms with Crippen LogP contribution in [0.2, 0.25) is 0 Å². The maximum absolute atomic E-state index is 5.55. The molecule has 0 radical (unpaired) electrons. The van der Waals surface area contributed by atoms with E-state index in [1.165, 1.54) is 12.8 Å². The fourth-order valence-corrected chi connectivity index (χ4v) is 1.75. The van der Waals surface area contributed by atoms with Gasteiger partial charge >= 0.3 is 0 Å². The van der Waals surface area contributed by atoms with Crippen molar-refractivity contribution in [3.8, 4) is 12.3 Å². The summed E-state index contributed by atoms with van der Waals surface area (Å²) in [4.78, 5) is 0. The lowest BCUT2D eigenvalue weighted by atomic mass is 10.0. The van der Waals surface area contributed by atoms with Crippen molar-refractivity contribution in [2.24, 2.45) is 0 Å². The summed E-state index contributed by atoms with van der Waals surface area (Å²) in [6, 6.07) is 0.467. The normalized spacial score (nSPS) is 24.2. The van der Waals surface area contributed by atoms with Crippen molar-refractivity contribution in [1.82, 2.24) is 5.32 Å². The van der Waals surface area contributed by atoms with Crippen LogP contribution in [0.3, 0.4) is 0 Å². The topological polar surface area (TPSA) is 21.3 Å². The zero-order chi connectivity index (χ0) is 9.52. The van der Waals surface area contributed by atoms with Crippen molar-refractivity contribution in [3.05, 3.63) is 0 Å². The molecule has 0 bridgehead atoms. The van der Waals surface area contributed by atoms with Gasteiger partial charge in [-0.2, -0.15) is 0 Å². The van der Waals surface area contributed by atoms with Gasteiger partial charge in [0.15, 0.2) is 0 Å². The van der Waals surface area contributed by atoms with Crippen molar-refractivity contribution in [1.29, 1.82) is 0 Å². The molecule has 0 aliphatic carbocycles. The minimum absolute atomic E-state index is 0.467. The van der Waals surface area contributed by atoms with E-state index >= 15 is 0 Å². The second-order valence-corrected chi connectivity index (χ2v) is 3.61. The van der Waals surface area contributed by atoms with Crippen molar-refractivity contribution < 1.29 is 4.74 Å². The Hall–Kier alpha value is -0.520. The molecule has 13 heavy (non-hydrogen) atoms. The molecule has 0 amide bonds. The summed E-state index contributed by atoms with van der Waals surface area (Å²) >= 11 is 0. The second kappa shape index (κ2) is 6.01. The smallest absolute Gasteiger partial charge is 0.0576 e. The monoisotopic (exact) mass is 181 g/mol. The Balaban J connectivity index is 2.11. The number of hydrogen-bond acceptors (Lipinski definition) is 2. The molecular weight excluding hydrogens is 162 g/mol. The SMILES string of the molecule is C#CCC(CCC1CCCO1)NC.